The molecule has 1 amide bonds. The summed E-state index contributed by atoms with van der Waals surface area (Å²) in [6.45, 7) is 3.32. The Hall–Kier alpha value is -3.23. The molecule has 0 saturated heterocycles. The summed E-state index contributed by atoms with van der Waals surface area (Å²) < 4.78 is 52.7. The summed E-state index contributed by atoms with van der Waals surface area (Å²) in [5, 5.41) is 6.74. The third-order valence-corrected chi connectivity index (χ3v) is 3.81. The molecule has 2 heterocycles. The van der Waals surface area contributed by atoms with Crippen molar-refractivity contribution in [2.75, 3.05) is 5.32 Å². The normalized spacial score (nSPS) is 11.5. The molecule has 1 N–H and O–H groups in total. The molecule has 0 fully saturated rings. The summed E-state index contributed by atoms with van der Waals surface area (Å²) >= 11 is 0. The van der Waals surface area contributed by atoms with Gasteiger partial charge >= 0.3 is 6.18 Å². The van der Waals surface area contributed by atoms with Gasteiger partial charge in [-0.15, -0.1) is 0 Å². The van der Waals surface area contributed by atoms with E-state index in [1.54, 1.807) is 13.8 Å². The van der Waals surface area contributed by atoms with Crippen LogP contribution in [0.4, 0.5) is 23.4 Å². The minimum atomic E-state index is -4.50. The first kappa shape index (κ1) is 18.6. The molecule has 0 atom stereocenters. The number of halogens is 4. The number of aryl methyl sites for hydroxylation is 2. The van der Waals surface area contributed by atoms with Crippen LogP contribution in [0.3, 0.4) is 0 Å². The van der Waals surface area contributed by atoms with Crippen molar-refractivity contribution < 1.29 is 22.4 Å². The van der Waals surface area contributed by atoms with Crippen LogP contribution in [-0.4, -0.2) is 20.7 Å². The van der Waals surface area contributed by atoms with Crippen LogP contribution in [-0.2, 0) is 6.18 Å². The number of alkyl halides is 3. The molecule has 27 heavy (non-hydrogen) atoms. The number of benzene rings is 1. The number of carbonyl (C=O) groups is 1. The molecule has 5 nitrogen and oxygen atoms in total. The lowest BCUT2D eigenvalue weighted by Gasteiger charge is -2.11. The third-order valence-electron chi connectivity index (χ3n) is 3.81. The van der Waals surface area contributed by atoms with Crippen molar-refractivity contribution in [3.05, 3.63) is 70.8 Å². The van der Waals surface area contributed by atoms with Crippen molar-refractivity contribution in [3.63, 3.8) is 0 Å². The van der Waals surface area contributed by atoms with E-state index < -0.39 is 23.5 Å². The van der Waals surface area contributed by atoms with Gasteiger partial charge in [-0.3, -0.25) is 4.79 Å². The number of nitrogens with one attached hydrogen (secondary N) is 1. The largest absolute Gasteiger partial charge is 0.417 e. The second-order valence-electron chi connectivity index (χ2n) is 5.90. The van der Waals surface area contributed by atoms with E-state index in [4.69, 9.17) is 0 Å². The maximum absolute atomic E-state index is 13.4. The Morgan fingerprint density at radius 2 is 1.85 bits per heavy atom. The van der Waals surface area contributed by atoms with E-state index in [2.05, 4.69) is 15.4 Å². The van der Waals surface area contributed by atoms with Gasteiger partial charge in [0.25, 0.3) is 5.91 Å². The van der Waals surface area contributed by atoms with Crippen LogP contribution in [0.5, 0.6) is 0 Å². The lowest BCUT2D eigenvalue weighted by Crippen LogP contribution is -2.17. The second kappa shape index (κ2) is 6.82. The number of carbonyl (C=O) groups excluding carboxylic acids is 1. The second-order valence-corrected chi connectivity index (χ2v) is 5.90. The molecule has 0 aliphatic heterocycles. The quantitative estimate of drug-likeness (QED) is 0.692. The predicted molar refractivity (Wildman–Crippen MR) is 90.2 cm³/mol. The SMILES string of the molecule is Cc1cc(NC(=O)c2cc(F)ccc2C)n(-c2ccc(C(F)(F)F)cn2)n1. The highest BCUT2D eigenvalue weighted by Gasteiger charge is 2.30. The zero-order chi connectivity index (χ0) is 19.8. The Bertz CT molecular complexity index is 994. The van der Waals surface area contributed by atoms with Crippen LogP contribution < -0.4 is 5.32 Å². The van der Waals surface area contributed by atoms with E-state index >= 15 is 0 Å². The maximum Gasteiger partial charge on any atom is 0.417 e. The molecule has 0 spiro atoms. The van der Waals surface area contributed by atoms with Gasteiger partial charge in [0.05, 0.1) is 11.3 Å². The van der Waals surface area contributed by atoms with E-state index in [1.807, 2.05) is 0 Å². The van der Waals surface area contributed by atoms with Gasteiger partial charge < -0.3 is 5.32 Å². The molecule has 0 aliphatic carbocycles. The van der Waals surface area contributed by atoms with Gasteiger partial charge in [-0.2, -0.15) is 23.0 Å². The molecule has 2 aromatic heterocycles. The number of nitrogens with zero attached hydrogens (tertiary/aromatic N) is 3. The predicted octanol–water partition coefficient (Wildman–Crippen LogP) is 4.29. The molecule has 0 aliphatic rings. The molecular formula is C18H14F4N4O. The van der Waals surface area contributed by atoms with Crippen LogP contribution in [0.15, 0.2) is 42.6 Å². The van der Waals surface area contributed by atoms with E-state index in [1.165, 1.54) is 22.9 Å². The first-order valence-corrected chi connectivity index (χ1v) is 7.83. The van der Waals surface area contributed by atoms with E-state index in [-0.39, 0.29) is 17.2 Å². The zero-order valence-corrected chi connectivity index (χ0v) is 14.3. The highest BCUT2D eigenvalue weighted by molar-refractivity contribution is 6.05. The van der Waals surface area contributed by atoms with Crippen LogP contribution in [0.25, 0.3) is 5.82 Å². The Morgan fingerprint density at radius 3 is 2.48 bits per heavy atom. The highest BCUT2D eigenvalue weighted by atomic mass is 19.4. The summed E-state index contributed by atoms with van der Waals surface area (Å²) in [4.78, 5) is 16.2. The number of rotatable bonds is 3. The number of anilines is 1. The molecule has 140 valence electrons. The lowest BCUT2D eigenvalue weighted by molar-refractivity contribution is -0.137. The average Bonchev–Trinajstić information content (AvgIpc) is 2.96. The Labute approximate surface area is 151 Å². The fourth-order valence-electron chi connectivity index (χ4n) is 2.46. The first-order chi connectivity index (χ1) is 12.6. The van der Waals surface area contributed by atoms with E-state index in [0.717, 1.165) is 18.2 Å². The van der Waals surface area contributed by atoms with Crippen LogP contribution in [0.2, 0.25) is 0 Å². The molecule has 0 bridgehead atoms. The monoisotopic (exact) mass is 378 g/mol. The molecule has 0 saturated carbocycles. The molecule has 0 unspecified atom stereocenters. The van der Waals surface area contributed by atoms with Crippen molar-refractivity contribution in [1.82, 2.24) is 14.8 Å². The van der Waals surface area contributed by atoms with Crippen molar-refractivity contribution >= 4 is 11.7 Å². The van der Waals surface area contributed by atoms with Crippen LogP contribution >= 0.6 is 0 Å². The molecular weight excluding hydrogens is 364 g/mol. The van der Waals surface area contributed by atoms with Gasteiger partial charge in [0.2, 0.25) is 0 Å². The van der Waals surface area contributed by atoms with Gasteiger partial charge in [-0.25, -0.2) is 9.37 Å². The van der Waals surface area contributed by atoms with Gasteiger partial charge in [0, 0.05) is 17.8 Å². The van der Waals surface area contributed by atoms with Gasteiger partial charge in [-0.1, -0.05) is 6.07 Å². The van der Waals surface area contributed by atoms with Crippen LogP contribution in [0, 0.1) is 19.7 Å². The van der Waals surface area contributed by atoms with Crippen molar-refractivity contribution in [2.24, 2.45) is 0 Å². The van der Waals surface area contributed by atoms with E-state index in [0.29, 0.717) is 17.5 Å². The fraction of sp³-hybridized carbons (Fsp3) is 0.167. The summed E-state index contributed by atoms with van der Waals surface area (Å²) in [6, 6.07) is 7.39. The van der Waals surface area contributed by atoms with Crippen molar-refractivity contribution in [1.29, 1.82) is 0 Å². The molecule has 3 aromatic rings. The Balaban J connectivity index is 1.92. The smallest absolute Gasteiger partial charge is 0.306 e. The summed E-state index contributed by atoms with van der Waals surface area (Å²) in [5.41, 5.74) is 0.337. The Kier molecular flexibility index (Phi) is 4.69. The number of pyridine rings is 1. The van der Waals surface area contributed by atoms with E-state index in [9.17, 15) is 22.4 Å². The third kappa shape index (κ3) is 3.97. The molecule has 1 aromatic carbocycles. The summed E-state index contributed by atoms with van der Waals surface area (Å²) in [5.74, 6) is -0.823. The van der Waals surface area contributed by atoms with Gasteiger partial charge in [-0.05, 0) is 43.7 Å². The summed E-state index contributed by atoms with van der Waals surface area (Å²) in [6.07, 6.45) is -3.81. The fourth-order valence-corrected chi connectivity index (χ4v) is 2.46. The van der Waals surface area contributed by atoms with Gasteiger partial charge in [0.1, 0.15) is 11.6 Å². The van der Waals surface area contributed by atoms with Crippen molar-refractivity contribution in [3.8, 4) is 5.82 Å². The van der Waals surface area contributed by atoms with Gasteiger partial charge in [0.15, 0.2) is 5.82 Å². The maximum atomic E-state index is 13.4. The molecule has 3 rings (SSSR count). The van der Waals surface area contributed by atoms with Crippen molar-refractivity contribution in [2.45, 2.75) is 20.0 Å². The summed E-state index contributed by atoms with van der Waals surface area (Å²) in [7, 11) is 0. The Morgan fingerprint density at radius 1 is 1.11 bits per heavy atom. The minimum Gasteiger partial charge on any atom is -0.306 e. The number of aromatic nitrogens is 3. The molecule has 0 radical (unpaired) electrons. The topological polar surface area (TPSA) is 59.8 Å². The molecule has 9 heteroatoms. The van der Waals surface area contributed by atoms with Crippen LogP contribution in [0.1, 0.15) is 27.2 Å². The number of amides is 1. The minimum absolute atomic E-state index is 0.0994. The average molecular weight is 378 g/mol. The standard InChI is InChI=1S/C18H14F4N4O/c1-10-3-5-13(19)8-14(10)17(27)24-16-7-11(2)25-26(16)15-6-4-12(9-23-15)18(20,21)22/h3-9H,1-2H3,(H,24,27). The highest BCUT2D eigenvalue weighted by Crippen LogP contribution is 2.29. The number of hydrogen-bond donors (Lipinski definition) is 1. The zero-order valence-electron chi connectivity index (χ0n) is 14.3. The first-order valence-electron chi connectivity index (χ1n) is 7.83. The lowest BCUT2D eigenvalue weighted by atomic mass is 10.1. The number of hydrogen-bond acceptors (Lipinski definition) is 3.